The SMILES string of the molecule is C=C(CCOC)Nc1ccc2c(-c3cccc(C(N)=S)c3)cn(C3CCC(F)(F)CC3)c2c1.CCC(=O)CCc1ccc2c(-c3cccc(C(N)=S)c3)cn(C3CCN(S(=O)(=O)C(F)(F)F)CC3)c2c1.CCCCCCN1CC(C(=O)CCc2ccc3c(-c4cccc(C(N)=S)c4)cn(C4CCN(S(=O)(=O)C(F)(F)F)CC4)c3c2)C1. The van der Waals surface area contributed by atoms with Gasteiger partial charge in [0.05, 0.1) is 12.1 Å². The minimum Gasteiger partial charge on any atom is -0.389 e. The molecule has 115 heavy (non-hydrogen) atoms. The third-order valence-corrected chi connectivity index (χ3v) is 26.4. The van der Waals surface area contributed by atoms with Crippen molar-refractivity contribution < 1.29 is 66.3 Å². The lowest BCUT2D eigenvalue weighted by atomic mass is 9.91. The average molecular weight is 1680 g/mol. The molecule has 9 aromatic rings. The van der Waals surface area contributed by atoms with E-state index in [1.54, 1.807) is 7.11 Å². The fourth-order valence-corrected chi connectivity index (χ4v) is 18.2. The summed E-state index contributed by atoms with van der Waals surface area (Å²) in [5.41, 5.74) is 21.4. The van der Waals surface area contributed by atoms with E-state index in [4.69, 9.17) is 58.6 Å². The molecule has 616 valence electrons. The van der Waals surface area contributed by atoms with E-state index in [-0.39, 0.29) is 110 Å². The van der Waals surface area contributed by atoms with Crippen LogP contribution in [-0.2, 0) is 47.2 Å². The standard InChI is InChI=1S/C33H41F3N4O3S2.C26H28F3N3O3S2.C26H29F2N3OS/c1-2-3-4-5-15-38-20-26(21-38)31(41)12-10-23-9-11-28-29(24-7-6-8-25(19-24)32(37)44)22-40(30(28)18-23)27-13-16-39(17-14-27)45(42,43)33(34,35)36;1-2-21(33)8-6-17-7-9-22-23(18-4-3-5-19(15-18)25(30)36)16-32(24(22)14-17)20-10-12-31(13-11-20)37(34,35)26(27,28)29;1-17(10-13-32-2)30-20-6-7-22-23(18-4-3-5-19(14-18)25(29)33)16-31(24(22)15-20)21-8-11-26(27,28)12-9-21/h6-9,11,18-19,22,26-27H,2-5,10,12-17,20-21H2,1H3,(H2,37,44);3-5,7,9,14-16,20H,2,6,8,10-13H2,1H3,(H2,30,36);3-7,14-16,21,30H,1,8-13H2,2H3,(H2,29,33). The van der Waals surface area contributed by atoms with Crippen LogP contribution in [0.5, 0.6) is 0 Å². The molecule has 3 saturated heterocycles. The van der Waals surface area contributed by atoms with Crippen molar-refractivity contribution in [3.8, 4) is 33.4 Å². The number of nitrogens with one attached hydrogen (secondary N) is 1. The molecular weight excluding hydrogens is 1590 g/mol. The van der Waals surface area contributed by atoms with Crippen molar-refractivity contribution in [2.45, 2.75) is 164 Å². The molecule has 3 aliphatic heterocycles. The lowest BCUT2D eigenvalue weighted by molar-refractivity contribution is -0.128. The monoisotopic (exact) mass is 1680 g/mol. The molecule has 6 aromatic carbocycles. The van der Waals surface area contributed by atoms with Gasteiger partial charge in [-0.1, -0.05) is 161 Å². The van der Waals surface area contributed by atoms with E-state index in [9.17, 15) is 61.5 Å². The highest BCUT2D eigenvalue weighted by Crippen LogP contribution is 2.45. The van der Waals surface area contributed by atoms with Crippen molar-refractivity contribution in [2.75, 3.05) is 64.8 Å². The van der Waals surface area contributed by atoms with Crippen LogP contribution in [0.15, 0.2) is 158 Å². The second-order valence-electron chi connectivity index (χ2n) is 30.2. The molecule has 6 heterocycles. The molecule has 3 aromatic heterocycles. The maximum absolute atomic E-state index is 13.8. The number of nitrogens with zero attached hydrogens (tertiary/aromatic N) is 6. The number of thiocarbonyl (C=S) groups is 3. The first-order valence-electron chi connectivity index (χ1n) is 38.9. The first kappa shape index (κ1) is 87.5. The largest absolute Gasteiger partial charge is 0.511 e. The summed E-state index contributed by atoms with van der Waals surface area (Å²) in [6, 6.07) is 40.8. The van der Waals surface area contributed by atoms with Crippen molar-refractivity contribution in [1.82, 2.24) is 27.2 Å². The number of anilines is 1. The summed E-state index contributed by atoms with van der Waals surface area (Å²) in [5, 5.41) is 6.29. The van der Waals surface area contributed by atoms with Crippen molar-refractivity contribution in [1.29, 1.82) is 0 Å². The number of rotatable bonds is 29. The van der Waals surface area contributed by atoms with Gasteiger partial charge in [-0.15, -0.1) is 0 Å². The number of ether oxygens (including phenoxy) is 1. The summed E-state index contributed by atoms with van der Waals surface area (Å²) in [6.45, 7) is 10.5. The van der Waals surface area contributed by atoms with E-state index in [1.165, 1.54) is 25.7 Å². The molecule has 7 N–H and O–H groups in total. The van der Waals surface area contributed by atoms with Crippen LogP contribution in [0, 0.1) is 5.92 Å². The molecule has 4 fully saturated rings. The number of aromatic nitrogens is 3. The zero-order valence-corrected chi connectivity index (χ0v) is 68.7. The summed E-state index contributed by atoms with van der Waals surface area (Å²) in [7, 11) is -9.07. The predicted molar refractivity (Wildman–Crippen MR) is 452 cm³/mol. The first-order chi connectivity index (χ1) is 54.6. The molecule has 0 bridgehead atoms. The maximum Gasteiger partial charge on any atom is 0.511 e. The third-order valence-electron chi connectivity index (χ3n) is 22.4. The second-order valence-corrected chi connectivity index (χ2v) is 35.4. The van der Waals surface area contributed by atoms with Gasteiger partial charge in [-0.3, -0.25) is 9.59 Å². The molecule has 0 radical (unpaired) electrons. The van der Waals surface area contributed by atoms with Gasteiger partial charge >= 0.3 is 31.1 Å². The molecule has 17 nitrogen and oxygen atoms in total. The van der Waals surface area contributed by atoms with Gasteiger partial charge in [0.1, 0.15) is 26.5 Å². The Bertz CT molecular complexity index is 5280. The number of hydrogen-bond acceptors (Lipinski definition) is 12. The Hall–Kier alpha value is -8.33. The molecule has 13 rings (SSSR count). The molecule has 0 unspecified atom stereocenters. The van der Waals surface area contributed by atoms with Gasteiger partial charge in [0, 0.05) is 199 Å². The van der Waals surface area contributed by atoms with Crippen LogP contribution in [-0.4, -0.2) is 147 Å². The van der Waals surface area contributed by atoms with Crippen LogP contribution in [0.25, 0.3) is 66.1 Å². The minimum atomic E-state index is -5.37. The molecule has 30 heteroatoms. The molecule has 0 amide bonds. The maximum atomic E-state index is 13.8. The number of likely N-dealkylation sites (tertiary alicyclic amines) is 1. The second kappa shape index (κ2) is 37.5. The van der Waals surface area contributed by atoms with E-state index in [0.717, 1.165) is 119 Å². The van der Waals surface area contributed by atoms with E-state index >= 15 is 0 Å². The van der Waals surface area contributed by atoms with Gasteiger partial charge in [-0.25, -0.2) is 25.6 Å². The van der Waals surface area contributed by atoms with Crippen molar-refractivity contribution in [3.63, 3.8) is 0 Å². The Morgan fingerprint density at radius 1 is 0.548 bits per heavy atom. The number of ketones is 2. The summed E-state index contributed by atoms with van der Waals surface area (Å²) in [6.07, 6.45) is 15.8. The smallest absolute Gasteiger partial charge is 0.389 e. The van der Waals surface area contributed by atoms with Crippen LogP contribution in [0.3, 0.4) is 0 Å². The van der Waals surface area contributed by atoms with Gasteiger partial charge in [-0.05, 0) is 135 Å². The number of methoxy groups -OCH3 is 1. The lowest BCUT2D eigenvalue weighted by Gasteiger charge is -2.38. The Morgan fingerprint density at radius 2 is 0.957 bits per heavy atom. The van der Waals surface area contributed by atoms with Crippen LogP contribution >= 0.6 is 36.7 Å². The number of carbonyl (C=O) groups is 2. The summed E-state index contributed by atoms with van der Waals surface area (Å²) >= 11 is 15.5. The zero-order chi connectivity index (χ0) is 82.9. The van der Waals surface area contributed by atoms with Gasteiger partial charge in [0.25, 0.3) is 0 Å². The van der Waals surface area contributed by atoms with Crippen LogP contribution in [0.1, 0.15) is 163 Å². The number of halogens is 8. The van der Waals surface area contributed by atoms with E-state index in [0.29, 0.717) is 77.1 Å². The number of sulfonamides is 2. The topological polar surface area (TPSA) is 226 Å². The van der Waals surface area contributed by atoms with E-state index in [1.807, 2.05) is 133 Å². The fourth-order valence-electron chi connectivity index (χ4n) is 15.8. The van der Waals surface area contributed by atoms with Crippen molar-refractivity contribution >= 4 is 122 Å². The molecule has 4 aliphatic rings. The predicted octanol–water partition coefficient (Wildman–Crippen LogP) is 18.4. The van der Waals surface area contributed by atoms with Crippen molar-refractivity contribution in [2.24, 2.45) is 23.1 Å². The number of unbranched alkanes of at least 4 members (excludes halogenated alkanes) is 3. The molecule has 1 saturated carbocycles. The lowest BCUT2D eigenvalue weighted by Crippen LogP contribution is -2.50. The van der Waals surface area contributed by atoms with Gasteiger partial charge in [0.2, 0.25) is 5.92 Å². The molecule has 1 aliphatic carbocycles. The Labute approximate surface area is 682 Å². The number of fused-ring (bicyclic) bond motifs is 3. The first-order valence-corrected chi connectivity index (χ1v) is 43.0. The Morgan fingerprint density at radius 3 is 1.36 bits per heavy atom. The van der Waals surface area contributed by atoms with Crippen molar-refractivity contribution in [3.05, 3.63) is 186 Å². The van der Waals surface area contributed by atoms with Gasteiger partial charge in [-0.2, -0.15) is 35.0 Å². The Kier molecular flexibility index (Phi) is 28.5. The zero-order valence-electron chi connectivity index (χ0n) is 64.6. The van der Waals surface area contributed by atoms with Crippen LogP contribution in [0.4, 0.5) is 40.8 Å². The summed E-state index contributed by atoms with van der Waals surface area (Å²) < 4.78 is 167. The number of piperidine rings is 2. The minimum absolute atomic E-state index is 0.0200. The molecular formula is C85H98F8N10O7S5. The Balaban J connectivity index is 0.000000172. The number of carbonyl (C=O) groups excluding carboxylic acids is 2. The highest BCUT2D eigenvalue weighted by molar-refractivity contribution is 7.90. The number of benzene rings is 6. The fraction of sp³-hybridized carbons (Fsp3) is 0.424. The van der Waals surface area contributed by atoms with Crippen LogP contribution < -0.4 is 22.5 Å². The molecule has 0 atom stereocenters. The number of alkyl halides is 8. The van der Waals surface area contributed by atoms with E-state index < -0.39 is 37.0 Å². The van der Waals surface area contributed by atoms with Gasteiger partial charge < -0.3 is 45.9 Å². The quantitative estimate of drug-likeness (QED) is 0.0194. The normalized spacial score (nSPS) is 16.5. The number of aryl methyl sites for hydroxylation is 2. The third kappa shape index (κ3) is 21.0. The number of nitrogens with two attached hydrogens (primary N) is 3. The molecule has 0 spiro atoms. The highest BCUT2D eigenvalue weighted by Gasteiger charge is 2.52. The highest BCUT2D eigenvalue weighted by atomic mass is 32.2. The van der Waals surface area contributed by atoms with Gasteiger partial charge in [0.15, 0.2) is 0 Å². The number of Topliss-reactive ketones (excluding diaryl/α,β-unsaturated/α-hetero) is 2. The van der Waals surface area contributed by atoms with E-state index in [2.05, 4.69) is 57.2 Å². The summed E-state index contributed by atoms with van der Waals surface area (Å²) in [5.74, 6) is -2.03. The average Bonchev–Trinajstić information content (AvgIpc) is 1.25. The summed E-state index contributed by atoms with van der Waals surface area (Å²) in [4.78, 5) is 28.1. The van der Waals surface area contributed by atoms with Crippen LogP contribution in [0.2, 0.25) is 0 Å². The number of hydrogen-bond donors (Lipinski definition) is 4.